The summed E-state index contributed by atoms with van der Waals surface area (Å²) in [5.41, 5.74) is 1.92. The largest absolute Gasteiger partial charge is 0.469 e. The monoisotopic (exact) mass is 364 g/mol. The second kappa shape index (κ2) is 7.78. The van der Waals surface area contributed by atoms with Crippen molar-refractivity contribution in [3.63, 3.8) is 0 Å². The SMILES string of the molecule is Cc1occc1C(=O)NC1CCc2nnc(CCc3ccccc3)n2CC1. The van der Waals surface area contributed by atoms with E-state index in [0.29, 0.717) is 11.3 Å². The van der Waals surface area contributed by atoms with Crippen molar-refractivity contribution in [1.29, 1.82) is 0 Å². The highest BCUT2D eigenvalue weighted by molar-refractivity contribution is 5.95. The van der Waals surface area contributed by atoms with Gasteiger partial charge in [0.05, 0.1) is 11.8 Å². The van der Waals surface area contributed by atoms with E-state index >= 15 is 0 Å². The first kappa shape index (κ1) is 17.5. The first-order valence-electron chi connectivity index (χ1n) is 9.50. The molecular weight excluding hydrogens is 340 g/mol. The van der Waals surface area contributed by atoms with Crippen LogP contribution in [-0.4, -0.2) is 26.7 Å². The van der Waals surface area contributed by atoms with E-state index in [0.717, 1.165) is 50.3 Å². The zero-order valence-electron chi connectivity index (χ0n) is 15.5. The Kier molecular flexibility index (Phi) is 5.05. The van der Waals surface area contributed by atoms with Gasteiger partial charge in [0.15, 0.2) is 0 Å². The molecular formula is C21H24N4O2. The fourth-order valence-electron chi connectivity index (χ4n) is 3.66. The van der Waals surface area contributed by atoms with Gasteiger partial charge in [-0.05, 0) is 37.8 Å². The Morgan fingerprint density at radius 2 is 2.04 bits per heavy atom. The van der Waals surface area contributed by atoms with Crippen LogP contribution in [0, 0.1) is 6.92 Å². The number of nitrogens with zero attached hydrogens (tertiary/aromatic N) is 3. The highest BCUT2D eigenvalue weighted by Crippen LogP contribution is 2.18. The van der Waals surface area contributed by atoms with E-state index in [-0.39, 0.29) is 11.9 Å². The molecule has 0 bridgehead atoms. The van der Waals surface area contributed by atoms with Crippen LogP contribution in [0.3, 0.4) is 0 Å². The molecule has 6 heteroatoms. The summed E-state index contributed by atoms with van der Waals surface area (Å²) in [5, 5.41) is 11.9. The molecule has 1 atom stereocenters. The van der Waals surface area contributed by atoms with Crippen molar-refractivity contribution in [3.8, 4) is 0 Å². The van der Waals surface area contributed by atoms with Gasteiger partial charge < -0.3 is 14.3 Å². The molecule has 1 N–H and O–H groups in total. The molecule has 3 heterocycles. The van der Waals surface area contributed by atoms with Gasteiger partial charge in [-0.25, -0.2) is 0 Å². The number of aryl methyl sites for hydroxylation is 4. The van der Waals surface area contributed by atoms with Crippen LogP contribution in [0.25, 0.3) is 0 Å². The summed E-state index contributed by atoms with van der Waals surface area (Å²) in [5.74, 6) is 2.65. The lowest BCUT2D eigenvalue weighted by molar-refractivity contribution is 0.0931. The van der Waals surface area contributed by atoms with Crippen molar-refractivity contribution in [2.75, 3.05) is 0 Å². The summed E-state index contributed by atoms with van der Waals surface area (Å²) in [6, 6.07) is 12.3. The average molecular weight is 364 g/mol. The minimum absolute atomic E-state index is 0.0618. The van der Waals surface area contributed by atoms with Gasteiger partial charge in [0.2, 0.25) is 0 Å². The number of furan rings is 1. The maximum absolute atomic E-state index is 12.4. The molecule has 0 spiro atoms. The van der Waals surface area contributed by atoms with Crippen LogP contribution in [0.5, 0.6) is 0 Å². The van der Waals surface area contributed by atoms with E-state index < -0.39 is 0 Å². The Labute approximate surface area is 158 Å². The van der Waals surface area contributed by atoms with Crippen LogP contribution in [-0.2, 0) is 25.8 Å². The van der Waals surface area contributed by atoms with Crippen LogP contribution in [0.15, 0.2) is 47.1 Å². The maximum Gasteiger partial charge on any atom is 0.255 e. The van der Waals surface area contributed by atoms with E-state index in [9.17, 15) is 4.79 Å². The van der Waals surface area contributed by atoms with Crippen LogP contribution in [0.4, 0.5) is 0 Å². The fraction of sp³-hybridized carbons (Fsp3) is 0.381. The molecule has 2 aromatic heterocycles. The molecule has 1 aromatic carbocycles. The molecule has 0 saturated carbocycles. The van der Waals surface area contributed by atoms with Crippen molar-refractivity contribution in [3.05, 3.63) is 71.2 Å². The molecule has 140 valence electrons. The van der Waals surface area contributed by atoms with E-state index in [1.807, 2.05) is 13.0 Å². The number of nitrogens with one attached hydrogen (secondary N) is 1. The van der Waals surface area contributed by atoms with Crippen molar-refractivity contribution in [2.45, 2.75) is 51.6 Å². The molecule has 1 aliphatic rings. The Morgan fingerprint density at radius 1 is 1.19 bits per heavy atom. The Hall–Kier alpha value is -2.89. The second-order valence-corrected chi connectivity index (χ2v) is 7.06. The molecule has 1 unspecified atom stereocenters. The number of benzene rings is 1. The summed E-state index contributed by atoms with van der Waals surface area (Å²) in [7, 11) is 0. The molecule has 6 nitrogen and oxygen atoms in total. The molecule has 0 radical (unpaired) electrons. The third kappa shape index (κ3) is 3.94. The van der Waals surface area contributed by atoms with E-state index in [1.165, 1.54) is 5.56 Å². The van der Waals surface area contributed by atoms with Crippen molar-refractivity contribution in [2.24, 2.45) is 0 Å². The normalized spacial score (nSPS) is 16.6. The number of fused-ring (bicyclic) bond motifs is 1. The molecule has 27 heavy (non-hydrogen) atoms. The third-order valence-corrected chi connectivity index (χ3v) is 5.24. The Morgan fingerprint density at radius 3 is 2.81 bits per heavy atom. The number of hydrogen-bond acceptors (Lipinski definition) is 4. The molecule has 4 rings (SSSR count). The van der Waals surface area contributed by atoms with Crippen LogP contribution >= 0.6 is 0 Å². The fourth-order valence-corrected chi connectivity index (χ4v) is 3.66. The number of carbonyl (C=O) groups is 1. The molecule has 0 saturated heterocycles. The number of amides is 1. The quantitative estimate of drug-likeness (QED) is 0.755. The molecule has 1 amide bonds. The summed E-state index contributed by atoms with van der Waals surface area (Å²) >= 11 is 0. The lowest BCUT2D eigenvalue weighted by Crippen LogP contribution is -2.35. The molecule has 1 aliphatic heterocycles. The van der Waals surface area contributed by atoms with E-state index in [2.05, 4.69) is 44.3 Å². The lowest BCUT2D eigenvalue weighted by atomic mass is 10.1. The summed E-state index contributed by atoms with van der Waals surface area (Å²) in [6.07, 6.45) is 5.97. The van der Waals surface area contributed by atoms with Gasteiger partial charge in [-0.2, -0.15) is 0 Å². The van der Waals surface area contributed by atoms with E-state index in [1.54, 1.807) is 12.3 Å². The van der Waals surface area contributed by atoms with Gasteiger partial charge in [0, 0.05) is 25.4 Å². The smallest absolute Gasteiger partial charge is 0.255 e. The zero-order chi connectivity index (χ0) is 18.6. The van der Waals surface area contributed by atoms with Gasteiger partial charge in [-0.15, -0.1) is 10.2 Å². The van der Waals surface area contributed by atoms with Gasteiger partial charge >= 0.3 is 0 Å². The minimum Gasteiger partial charge on any atom is -0.469 e. The number of aromatic nitrogens is 3. The lowest BCUT2D eigenvalue weighted by Gasteiger charge is -2.16. The minimum atomic E-state index is -0.0618. The van der Waals surface area contributed by atoms with Crippen LogP contribution < -0.4 is 5.32 Å². The van der Waals surface area contributed by atoms with Gasteiger partial charge in [-0.1, -0.05) is 30.3 Å². The predicted molar refractivity (Wildman–Crippen MR) is 102 cm³/mol. The summed E-state index contributed by atoms with van der Waals surface area (Å²) < 4.78 is 7.47. The third-order valence-electron chi connectivity index (χ3n) is 5.24. The zero-order valence-corrected chi connectivity index (χ0v) is 15.5. The van der Waals surface area contributed by atoms with Crippen molar-refractivity contribution < 1.29 is 9.21 Å². The first-order valence-corrected chi connectivity index (χ1v) is 9.50. The van der Waals surface area contributed by atoms with Gasteiger partial charge in [0.25, 0.3) is 5.91 Å². The Balaban J connectivity index is 1.38. The Bertz CT molecular complexity index is 913. The van der Waals surface area contributed by atoms with E-state index in [4.69, 9.17) is 4.42 Å². The number of rotatable bonds is 5. The number of carbonyl (C=O) groups excluding carboxylic acids is 1. The maximum atomic E-state index is 12.4. The molecule has 0 fully saturated rings. The van der Waals surface area contributed by atoms with Crippen LogP contribution in [0.2, 0.25) is 0 Å². The molecule has 0 aliphatic carbocycles. The second-order valence-electron chi connectivity index (χ2n) is 7.06. The average Bonchev–Trinajstić information content (AvgIpc) is 3.23. The van der Waals surface area contributed by atoms with Gasteiger partial charge in [0.1, 0.15) is 17.4 Å². The van der Waals surface area contributed by atoms with Crippen molar-refractivity contribution in [1.82, 2.24) is 20.1 Å². The van der Waals surface area contributed by atoms with Gasteiger partial charge in [-0.3, -0.25) is 4.79 Å². The standard InChI is InChI=1S/C21H24N4O2/c1-15-18(12-14-27-15)21(26)22-17-8-10-20-24-23-19(25(20)13-11-17)9-7-16-5-3-2-4-6-16/h2-6,12,14,17H,7-11,13H2,1H3,(H,22,26). The summed E-state index contributed by atoms with van der Waals surface area (Å²) in [6.45, 7) is 2.64. The number of hydrogen-bond donors (Lipinski definition) is 1. The predicted octanol–water partition coefficient (Wildman–Crippen LogP) is 3.10. The topological polar surface area (TPSA) is 73.0 Å². The first-order chi connectivity index (χ1) is 13.2. The summed E-state index contributed by atoms with van der Waals surface area (Å²) in [4.78, 5) is 12.4. The highest BCUT2D eigenvalue weighted by atomic mass is 16.3. The highest BCUT2D eigenvalue weighted by Gasteiger charge is 2.22. The van der Waals surface area contributed by atoms with Crippen LogP contribution in [0.1, 0.15) is 46.2 Å². The van der Waals surface area contributed by atoms with Crippen molar-refractivity contribution >= 4 is 5.91 Å². The molecule has 3 aromatic rings.